The molecule has 1 amide bonds. The van der Waals surface area contributed by atoms with Crippen LogP contribution >= 0.6 is 11.6 Å². The number of non-ortho nitro benzene ring substituents is 1. The standard InChI is InChI=1S/C15H13ClFN3O5S/c1-19(26(24,25)12-5-2-10(16)3-6-12)9-15(21)18-14-8-11(20(22)23)4-7-13(14)17/h2-8H,9H2,1H3,(H,18,21). The number of hydrogen-bond acceptors (Lipinski definition) is 5. The molecular formula is C15H13ClFN3O5S. The van der Waals surface area contributed by atoms with Gasteiger partial charge in [0.25, 0.3) is 5.69 Å². The number of rotatable bonds is 6. The monoisotopic (exact) mass is 401 g/mol. The summed E-state index contributed by atoms with van der Waals surface area (Å²) in [6.45, 7) is -0.618. The van der Waals surface area contributed by atoms with Crippen molar-refractivity contribution in [1.82, 2.24) is 4.31 Å². The highest BCUT2D eigenvalue weighted by atomic mass is 35.5. The van der Waals surface area contributed by atoms with Gasteiger partial charge in [-0.3, -0.25) is 14.9 Å². The lowest BCUT2D eigenvalue weighted by molar-refractivity contribution is -0.384. The van der Waals surface area contributed by atoms with Crippen molar-refractivity contribution in [2.45, 2.75) is 4.90 Å². The van der Waals surface area contributed by atoms with Gasteiger partial charge in [-0.1, -0.05) is 11.6 Å². The first-order valence-corrected chi connectivity index (χ1v) is 8.89. The van der Waals surface area contributed by atoms with Crippen molar-refractivity contribution in [2.24, 2.45) is 0 Å². The molecule has 0 saturated heterocycles. The van der Waals surface area contributed by atoms with E-state index in [2.05, 4.69) is 5.32 Å². The Hall–Kier alpha value is -2.56. The second kappa shape index (κ2) is 7.77. The second-order valence-corrected chi connectivity index (χ2v) is 7.67. The van der Waals surface area contributed by atoms with Crippen molar-refractivity contribution in [1.29, 1.82) is 0 Å². The number of anilines is 1. The van der Waals surface area contributed by atoms with Crippen molar-refractivity contribution in [3.05, 3.63) is 63.4 Å². The maximum Gasteiger partial charge on any atom is 0.271 e. The number of benzene rings is 2. The lowest BCUT2D eigenvalue weighted by Gasteiger charge is -2.17. The van der Waals surface area contributed by atoms with Crippen LogP contribution in [0.4, 0.5) is 15.8 Å². The lowest BCUT2D eigenvalue weighted by atomic mass is 10.2. The summed E-state index contributed by atoms with van der Waals surface area (Å²) in [6.07, 6.45) is 0. The molecule has 0 aliphatic rings. The Kier molecular flexibility index (Phi) is 5.90. The molecule has 2 aromatic carbocycles. The van der Waals surface area contributed by atoms with E-state index in [9.17, 15) is 27.7 Å². The van der Waals surface area contributed by atoms with E-state index in [4.69, 9.17) is 11.6 Å². The number of amides is 1. The Morgan fingerprint density at radius 3 is 2.46 bits per heavy atom. The Morgan fingerprint density at radius 1 is 1.27 bits per heavy atom. The van der Waals surface area contributed by atoms with Gasteiger partial charge < -0.3 is 5.32 Å². The molecule has 8 nitrogen and oxygen atoms in total. The van der Waals surface area contributed by atoms with Crippen LogP contribution in [-0.2, 0) is 14.8 Å². The van der Waals surface area contributed by atoms with E-state index in [-0.39, 0.29) is 4.90 Å². The molecule has 138 valence electrons. The Labute approximate surface area is 153 Å². The van der Waals surface area contributed by atoms with E-state index >= 15 is 0 Å². The number of nitrogens with zero attached hydrogens (tertiary/aromatic N) is 2. The van der Waals surface area contributed by atoms with E-state index in [1.165, 1.54) is 31.3 Å². The van der Waals surface area contributed by atoms with E-state index < -0.39 is 44.6 Å². The van der Waals surface area contributed by atoms with Crippen LogP contribution in [0.15, 0.2) is 47.4 Å². The second-order valence-electron chi connectivity index (χ2n) is 5.18. The summed E-state index contributed by atoms with van der Waals surface area (Å²) >= 11 is 5.71. The first-order valence-electron chi connectivity index (χ1n) is 7.07. The average molecular weight is 402 g/mol. The molecule has 2 aromatic rings. The SMILES string of the molecule is CN(CC(=O)Nc1cc([N+](=O)[O-])ccc1F)S(=O)(=O)c1ccc(Cl)cc1. The van der Waals surface area contributed by atoms with E-state index in [0.717, 1.165) is 22.5 Å². The van der Waals surface area contributed by atoms with Crippen LogP contribution in [0.3, 0.4) is 0 Å². The number of nitrogens with one attached hydrogen (secondary N) is 1. The van der Waals surface area contributed by atoms with Crippen molar-refractivity contribution in [3.8, 4) is 0 Å². The quantitative estimate of drug-likeness (QED) is 0.591. The van der Waals surface area contributed by atoms with Crippen LogP contribution in [0.2, 0.25) is 5.02 Å². The normalized spacial score (nSPS) is 11.4. The minimum Gasteiger partial charge on any atom is -0.322 e. The third-order valence-electron chi connectivity index (χ3n) is 3.32. The third-order valence-corrected chi connectivity index (χ3v) is 5.39. The van der Waals surface area contributed by atoms with Crippen molar-refractivity contribution in [3.63, 3.8) is 0 Å². The number of hydrogen-bond donors (Lipinski definition) is 1. The van der Waals surface area contributed by atoms with Crippen LogP contribution in [0.25, 0.3) is 0 Å². The minimum absolute atomic E-state index is 0.0706. The van der Waals surface area contributed by atoms with Crippen LogP contribution in [0.1, 0.15) is 0 Å². The summed E-state index contributed by atoms with van der Waals surface area (Å²) in [5, 5.41) is 13.2. The van der Waals surface area contributed by atoms with Crippen LogP contribution in [0, 0.1) is 15.9 Å². The highest BCUT2D eigenvalue weighted by molar-refractivity contribution is 7.89. The zero-order valence-corrected chi connectivity index (χ0v) is 14.9. The smallest absolute Gasteiger partial charge is 0.271 e. The summed E-state index contributed by atoms with van der Waals surface area (Å²) in [6, 6.07) is 7.98. The summed E-state index contributed by atoms with van der Waals surface area (Å²) in [7, 11) is -2.79. The van der Waals surface area contributed by atoms with Gasteiger partial charge in [-0.05, 0) is 30.3 Å². The Morgan fingerprint density at radius 2 is 1.88 bits per heavy atom. The fourth-order valence-electron chi connectivity index (χ4n) is 1.99. The van der Waals surface area contributed by atoms with Gasteiger partial charge in [0.2, 0.25) is 15.9 Å². The van der Waals surface area contributed by atoms with Gasteiger partial charge in [0.15, 0.2) is 0 Å². The zero-order valence-electron chi connectivity index (χ0n) is 13.3. The zero-order chi connectivity index (χ0) is 19.5. The largest absolute Gasteiger partial charge is 0.322 e. The molecule has 0 radical (unpaired) electrons. The fraction of sp³-hybridized carbons (Fsp3) is 0.133. The predicted molar refractivity (Wildman–Crippen MR) is 93.0 cm³/mol. The van der Waals surface area contributed by atoms with Gasteiger partial charge in [0, 0.05) is 24.2 Å². The van der Waals surface area contributed by atoms with Crippen LogP contribution < -0.4 is 5.32 Å². The number of halogens is 2. The molecule has 0 aliphatic carbocycles. The minimum atomic E-state index is -3.96. The fourth-order valence-corrected chi connectivity index (χ4v) is 3.24. The van der Waals surface area contributed by atoms with Gasteiger partial charge in [0.05, 0.1) is 22.1 Å². The van der Waals surface area contributed by atoms with Gasteiger partial charge in [-0.2, -0.15) is 4.31 Å². The average Bonchev–Trinajstić information content (AvgIpc) is 2.56. The molecule has 26 heavy (non-hydrogen) atoms. The highest BCUT2D eigenvalue weighted by Gasteiger charge is 2.23. The number of carbonyl (C=O) groups excluding carboxylic acids is 1. The summed E-state index contributed by atoms with van der Waals surface area (Å²) in [5.74, 6) is -1.74. The topological polar surface area (TPSA) is 110 Å². The number of nitro benzene ring substituents is 1. The molecule has 1 N–H and O–H groups in total. The summed E-state index contributed by atoms with van der Waals surface area (Å²) in [5.41, 5.74) is -0.828. The molecule has 0 saturated carbocycles. The molecule has 0 bridgehead atoms. The molecule has 0 heterocycles. The maximum absolute atomic E-state index is 13.7. The van der Waals surface area contributed by atoms with Crippen molar-refractivity contribution >= 4 is 38.9 Å². The number of likely N-dealkylation sites (N-methyl/N-ethyl adjacent to an activating group) is 1. The van der Waals surface area contributed by atoms with Gasteiger partial charge >= 0.3 is 0 Å². The Balaban J connectivity index is 2.13. The molecule has 0 aromatic heterocycles. The number of nitro groups is 1. The molecule has 0 fully saturated rings. The molecule has 2 rings (SSSR count). The molecule has 0 aliphatic heterocycles. The van der Waals surface area contributed by atoms with Gasteiger partial charge in [-0.15, -0.1) is 0 Å². The molecule has 0 unspecified atom stereocenters. The van der Waals surface area contributed by atoms with Crippen molar-refractivity contribution in [2.75, 3.05) is 18.9 Å². The van der Waals surface area contributed by atoms with Crippen LogP contribution in [-0.4, -0.2) is 37.1 Å². The molecular weight excluding hydrogens is 389 g/mol. The highest BCUT2D eigenvalue weighted by Crippen LogP contribution is 2.22. The van der Waals surface area contributed by atoms with E-state index in [1.54, 1.807) is 0 Å². The third kappa shape index (κ3) is 4.54. The van der Waals surface area contributed by atoms with Crippen LogP contribution in [0.5, 0.6) is 0 Å². The van der Waals surface area contributed by atoms with Gasteiger partial charge in [0.1, 0.15) is 5.82 Å². The summed E-state index contributed by atoms with van der Waals surface area (Å²) < 4.78 is 39.2. The van der Waals surface area contributed by atoms with E-state index in [0.29, 0.717) is 5.02 Å². The molecule has 0 spiro atoms. The number of carbonyl (C=O) groups is 1. The maximum atomic E-state index is 13.7. The lowest BCUT2D eigenvalue weighted by Crippen LogP contribution is -2.35. The Bertz CT molecular complexity index is 950. The van der Waals surface area contributed by atoms with E-state index in [1.807, 2.05) is 0 Å². The predicted octanol–water partition coefficient (Wildman–Crippen LogP) is 2.65. The summed E-state index contributed by atoms with van der Waals surface area (Å²) in [4.78, 5) is 21.9. The first-order chi connectivity index (χ1) is 12.1. The van der Waals surface area contributed by atoms with Gasteiger partial charge in [-0.25, -0.2) is 12.8 Å². The van der Waals surface area contributed by atoms with Crippen molar-refractivity contribution < 1.29 is 22.5 Å². The molecule has 0 atom stereocenters. The number of sulfonamides is 1. The molecule has 11 heteroatoms. The first kappa shape index (κ1) is 19.8.